The highest BCUT2D eigenvalue weighted by Crippen LogP contribution is 2.28. The predicted octanol–water partition coefficient (Wildman–Crippen LogP) is 5.99. The second kappa shape index (κ2) is 8.98. The van der Waals surface area contributed by atoms with E-state index in [1.54, 1.807) is 12.1 Å². The van der Waals surface area contributed by atoms with E-state index in [1.807, 2.05) is 48.5 Å². The first-order valence-electron chi connectivity index (χ1n) is 9.68. The molecule has 0 spiro atoms. The molecule has 0 fully saturated rings. The van der Waals surface area contributed by atoms with Gasteiger partial charge in [-0.05, 0) is 58.1 Å². The van der Waals surface area contributed by atoms with Gasteiger partial charge in [-0.15, -0.1) is 0 Å². The number of rotatable bonds is 6. The average Bonchev–Trinajstić information content (AvgIpc) is 2.82. The zero-order chi connectivity index (χ0) is 21.8. The molecular formula is C25H20ClN3O2. The van der Waals surface area contributed by atoms with Gasteiger partial charge in [0.15, 0.2) is 0 Å². The van der Waals surface area contributed by atoms with Crippen LogP contribution in [0.25, 0.3) is 28.1 Å². The van der Waals surface area contributed by atoms with Gasteiger partial charge < -0.3 is 10.1 Å². The number of nitrogens with one attached hydrogen (secondary N) is 1. The molecule has 6 heteroatoms. The topological polar surface area (TPSA) is 64.1 Å². The molecule has 0 aliphatic rings. The summed E-state index contributed by atoms with van der Waals surface area (Å²) in [7, 11) is 1.36. The number of anilines is 1. The van der Waals surface area contributed by atoms with E-state index >= 15 is 0 Å². The number of carbonyl (C=O) groups excluding carboxylic acids is 1. The molecule has 0 aliphatic carbocycles. The number of methoxy groups -OCH3 is 1. The third-order valence-corrected chi connectivity index (χ3v) is 5.15. The fourth-order valence-electron chi connectivity index (χ4n) is 3.29. The summed E-state index contributed by atoms with van der Waals surface area (Å²) < 4.78 is 4.73. The van der Waals surface area contributed by atoms with Crippen LogP contribution in [0.5, 0.6) is 0 Å². The number of carbonyl (C=O) groups is 1. The van der Waals surface area contributed by atoms with Crippen LogP contribution in [0.15, 0.2) is 73.3 Å². The molecule has 3 aromatic carbocycles. The number of halogens is 1. The summed E-state index contributed by atoms with van der Waals surface area (Å²) in [6, 6.07) is 21.4. The first-order valence-corrected chi connectivity index (χ1v) is 10.1. The molecule has 4 rings (SSSR count). The number of nitrogens with zero attached hydrogens (tertiary/aromatic N) is 2. The van der Waals surface area contributed by atoms with E-state index in [2.05, 4.69) is 34.0 Å². The van der Waals surface area contributed by atoms with Gasteiger partial charge in [-0.2, -0.15) is 0 Å². The van der Waals surface area contributed by atoms with Gasteiger partial charge in [-0.25, -0.2) is 14.8 Å². The van der Waals surface area contributed by atoms with Crippen LogP contribution < -0.4 is 5.32 Å². The van der Waals surface area contributed by atoms with Gasteiger partial charge in [0, 0.05) is 11.9 Å². The number of fused-ring (bicyclic) bond motifs is 1. The maximum absolute atomic E-state index is 11.6. The van der Waals surface area contributed by atoms with E-state index in [1.165, 1.54) is 7.11 Å². The van der Waals surface area contributed by atoms with Crippen LogP contribution in [0.4, 0.5) is 5.82 Å². The maximum atomic E-state index is 11.6. The Morgan fingerprint density at radius 2 is 1.74 bits per heavy atom. The molecule has 4 aromatic rings. The summed E-state index contributed by atoms with van der Waals surface area (Å²) in [5, 5.41) is 4.37. The Morgan fingerprint density at radius 1 is 1.03 bits per heavy atom. The van der Waals surface area contributed by atoms with Crippen LogP contribution in [0.3, 0.4) is 0 Å². The van der Waals surface area contributed by atoms with E-state index in [4.69, 9.17) is 16.3 Å². The molecule has 0 atom stereocenters. The Bertz CT molecular complexity index is 1250. The highest BCUT2D eigenvalue weighted by molar-refractivity contribution is 6.28. The summed E-state index contributed by atoms with van der Waals surface area (Å²) in [6.07, 6.45) is 1.82. The quantitative estimate of drug-likeness (QED) is 0.301. The van der Waals surface area contributed by atoms with E-state index in [-0.39, 0.29) is 11.3 Å². The number of hydrogen-bond donors (Lipinski definition) is 1. The van der Waals surface area contributed by atoms with E-state index in [9.17, 15) is 4.79 Å². The van der Waals surface area contributed by atoms with Crippen LogP contribution in [0, 0.1) is 0 Å². The van der Waals surface area contributed by atoms with Crippen LogP contribution in [-0.4, -0.2) is 23.0 Å². The molecule has 154 valence electrons. The van der Waals surface area contributed by atoms with Crippen LogP contribution in [0.2, 0.25) is 5.28 Å². The van der Waals surface area contributed by atoms with Crippen LogP contribution >= 0.6 is 11.6 Å². The van der Waals surface area contributed by atoms with Gasteiger partial charge in [0.2, 0.25) is 5.28 Å². The lowest BCUT2D eigenvalue weighted by Crippen LogP contribution is -2.05. The Balaban J connectivity index is 1.59. The van der Waals surface area contributed by atoms with Crippen molar-refractivity contribution in [3.8, 4) is 11.1 Å². The minimum absolute atomic E-state index is 0.176. The zero-order valence-electron chi connectivity index (χ0n) is 16.9. The smallest absolute Gasteiger partial charge is 0.337 e. The lowest BCUT2D eigenvalue weighted by atomic mass is 10.0. The minimum Gasteiger partial charge on any atom is -0.465 e. The molecule has 5 nitrogen and oxygen atoms in total. The van der Waals surface area contributed by atoms with Gasteiger partial charge in [0.25, 0.3) is 0 Å². The zero-order valence-corrected chi connectivity index (χ0v) is 17.7. The second-order valence-corrected chi connectivity index (χ2v) is 7.28. The number of hydrogen-bond acceptors (Lipinski definition) is 5. The standard InChI is InChI=1S/C25H20ClN3O2/c1-3-16-4-8-18(9-5-16)20-12-13-21-22(14-20)28-25(26)29-23(21)27-15-17-6-10-19(11-7-17)24(30)31-2/h3-14H,1,15H2,2H3,(H,27,28,29). The van der Waals surface area contributed by atoms with E-state index < -0.39 is 0 Å². The Kier molecular flexibility index (Phi) is 5.96. The minimum atomic E-state index is -0.358. The van der Waals surface area contributed by atoms with Crippen molar-refractivity contribution >= 4 is 40.4 Å². The molecule has 1 N–H and O–H groups in total. The SMILES string of the molecule is C=Cc1ccc(-c2ccc3c(NCc4ccc(C(=O)OC)cc4)nc(Cl)nc3c2)cc1. The lowest BCUT2D eigenvalue weighted by molar-refractivity contribution is 0.0600. The van der Waals surface area contributed by atoms with Gasteiger partial charge >= 0.3 is 5.97 Å². The predicted molar refractivity (Wildman–Crippen MR) is 125 cm³/mol. The maximum Gasteiger partial charge on any atom is 0.337 e. The van der Waals surface area contributed by atoms with Crippen molar-refractivity contribution in [1.29, 1.82) is 0 Å². The van der Waals surface area contributed by atoms with Gasteiger partial charge in [0.1, 0.15) is 5.82 Å². The monoisotopic (exact) mass is 429 g/mol. The van der Waals surface area contributed by atoms with Crippen molar-refractivity contribution in [3.05, 3.63) is 95.3 Å². The highest BCUT2D eigenvalue weighted by Gasteiger charge is 2.09. The van der Waals surface area contributed by atoms with Gasteiger partial charge in [0.05, 0.1) is 18.2 Å². The molecule has 1 aromatic heterocycles. The summed E-state index contributed by atoms with van der Waals surface area (Å²) in [5.41, 5.74) is 5.46. The molecule has 0 amide bonds. The Morgan fingerprint density at radius 3 is 2.42 bits per heavy atom. The molecule has 0 saturated carbocycles. The fourth-order valence-corrected chi connectivity index (χ4v) is 3.47. The number of aromatic nitrogens is 2. The van der Waals surface area contributed by atoms with Crippen molar-refractivity contribution in [3.63, 3.8) is 0 Å². The third-order valence-electron chi connectivity index (χ3n) is 4.98. The summed E-state index contributed by atoms with van der Waals surface area (Å²) >= 11 is 6.19. The largest absolute Gasteiger partial charge is 0.465 e. The average molecular weight is 430 g/mol. The summed E-state index contributed by atoms with van der Waals surface area (Å²) in [4.78, 5) is 20.3. The second-order valence-electron chi connectivity index (χ2n) is 6.94. The Hall–Kier alpha value is -3.70. The van der Waals surface area contributed by atoms with Crippen molar-refractivity contribution in [2.75, 3.05) is 12.4 Å². The summed E-state index contributed by atoms with van der Waals surface area (Å²) in [6.45, 7) is 4.31. The number of ether oxygens (including phenoxy) is 1. The third kappa shape index (κ3) is 4.57. The first kappa shape index (κ1) is 20.6. The molecular weight excluding hydrogens is 410 g/mol. The van der Waals surface area contributed by atoms with Crippen molar-refractivity contribution in [2.45, 2.75) is 6.54 Å². The molecule has 0 aliphatic heterocycles. The molecule has 1 heterocycles. The van der Waals surface area contributed by atoms with Gasteiger partial charge in [-0.1, -0.05) is 55.1 Å². The van der Waals surface area contributed by atoms with Crippen molar-refractivity contribution in [2.24, 2.45) is 0 Å². The van der Waals surface area contributed by atoms with Crippen LogP contribution in [0.1, 0.15) is 21.5 Å². The van der Waals surface area contributed by atoms with Crippen LogP contribution in [-0.2, 0) is 11.3 Å². The highest BCUT2D eigenvalue weighted by atomic mass is 35.5. The van der Waals surface area contributed by atoms with E-state index in [0.29, 0.717) is 17.9 Å². The molecule has 0 unspecified atom stereocenters. The number of benzene rings is 3. The molecule has 0 bridgehead atoms. The van der Waals surface area contributed by atoms with Gasteiger partial charge in [-0.3, -0.25) is 0 Å². The number of esters is 1. The van der Waals surface area contributed by atoms with Crippen molar-refractivity contribution < 1.29 is 9.53 Å². The van der Waals surface area contributed by atoms with Crippen molar-refractivity contribution in [1.82, 2.24) is 9.97 Å². The first-order chi connectivity index (χ1) is 15.1. The van der Waals surface area contributed by atoms with E-state index in [0.717, 1.165) is 33.2 Å². The lowest BCUT2D eigenvalue weighted by Gasteiger charge is -2.11. The summed E-state index contributed by atoms with van der Waals surface area (Å²) in [5.74, 6) is 0.295. The Labute approximate surface area is 185 Å². The fraction of sp³-hybridized carbons (Fsp3) is 0.0800. The molecule has 0 radical (unpaired) electrons. The molecule has 0 saturated heterocycles. The normalized spacial score (nSPS) is 10.6. The molecule has 31 heavy (non-hydrogen) atoms.